The van der Waals surface area contributed by atoms with E-state index >= 15 is 0 Å². The van der Waals surface area contributed by atoms with Gasteiger partial charge in [-0.15, -0.1) is 0 Å². The number of thioether (sulfide) groups is 1. The predicted octanol–water partition coefficient (Wildman–Crippen LogP) is 4.25. The number of rotatable bonds is 8. The van der Waals surface area contributed by atoms with Crippen molar-refractivity contribution in [3.05, 3.63) is 59.7 Å². The molecule has 0 aromatic heterocycles. The van der Waals surface area contributed by atoms with Crippen LogP contribution in [0.3, 0.4) is 0 Å². The third kappa shape index (κ3) is 6.97. The standard InChI is InChI=1S/C18H18F3NO3S/c1-24-9-10-25-15-4-2-3-13(11-15)12-22-17(23)14-5-7-16(8-6-14)26-18(19,20)21/h2-8,11H,9-10,12H2,1H3,(H,22,23). The first-order chi connectivity index (χ1) is 12.4. The number of carbonyl (C=O) groups is 1. The summed E-state index contributed by atoms with van der Waals surface area (Å²) in [5, 5.41) is 2.73. The van der Waals surface area contributed by atoms with Gasteiger partial charge in [0, 0.05) is 24.1 Å². The van der Waals surface area contributed by atoms with Gasteiger partial charge in [0.05, 0.1) is 6.61 Å². The highest BCUT2D eigenvalue weighted by molar-refractivity contribution is 8.00. The lowest BCUT2D eigenvalue weighted by molar-refractivity contribution is -0.0328. The Labute approximate surface area is 153 Å². The van der Waals surface area contributed by atoms with Crippen molar-refractivity contribution >= 4 is 17.7 Å². The fourth-order valence-electron chi connectivity index (χ4n) is 2.08. The number of halogens is 3. The topological polar surface area (TPSA) is 47.6 Å². The number of alkyl halides is 3. The molecule has 8 heteroatoms. The van der Waals surface area contributed by atoms with E-state index in [0.717, 1.165) is 5.56 Å². The van der Waals surface area contributed by atoms with Crippen LogP contribution < -0.4 is 10.1 Å². The normalized spacial score (nSPS) is 11.2. The van der Waals surface area contributed by atoms with E-state index in [-0.39, 0.29) is 29.1 Å². The summed E-state index contributed by atoms with van der Waals surface area (Å²) >= 11 is -0.214. The summed E-state index contributed by atoms with van der Waals surface area (Å²) in [5.74, 6) is 0.307. The predicted molar refractivity (Wildman–Crippen MR) is 93.3 cm³/mol. The van der Waals surface area contributed by atoms with Crippen LogP contribution in [0.5, 0.6) is 5.75 Å². The van der Waals surface area contributed by atoms with Crippen LogP contribution in [0.2, 0.25) is 0 Å². The third-order valence-corrected chi connectivity index (χ3v) is 4.00. The van der Waals surface area contributed by atoms with Crippen molar-refractivity contribution in [2.45, 2.75) is 16.9 Å². The first-order valence-electron chi connectivity index (χ1n) is 7.72. The molecule has 0 saturated heterocycles. The van der Waals surface area contributed by atoms with E-state index in [2.05, 4.69) is 5.32 Å². The molecule has 26 heavy (non-hydrogen) atoms. The molecule has 1 N–H and O–H groups in total. The van der Waals surface area contributed by atoms with Crippen molar-refractivity contribution < 1.29 is 27.4 Å². The SMILES string of the molecule is COCCOc1cccc(CNC(=O)c2ccc(SC(F)(F)F)cc2)c1. The largest absolute Gasteiger partial charge is 0.491 e. The first-order valence-corrected chi connectivity index (χ1v) is 8.54. The minimum atomic E-state index is -4.35. The number of carbonyl (C=O) groups excluding carboxylic acids is 1. The van der Waals surface area contributed by atoms with E-state index in [1.165, 1.54) is 24.3 Å². The number of ether oxygens (including phenoxy) is 2. The maximum absolute atomic E-state index is 12.3. The Hall–Kier alpha value is -2.19. The van der Waals surface area contributed by atoms with Gasteiger partial charge in [-0.05, 0) is 53.7 Å². The molecule has 4 nitrogen and oxygen atoms in total. The maximum atomic E-state index is 12.3. The second-order valence-electron chi connectivity index (χ2n) is 5.24. The highest BCUT2D eigenvalue weighted by Crippen LogP contribution is 2.36. The minimum absolute atomic E-state index is 0.0370. The zero-order valence-corrected chi connectivity index (χ0v) is 14.8. The molecule has 1 amide bonds. The van der Waals surface area contributed by atoms with Gasteiger partial charge in [0.2, 0.25) is 0 Å². The fraction of sp³-hybridized carbons (Fsp3) is 0.278. The number of nitrogens with one attached hydrogen (secondary N) is 1. The Balaban J connectivity index is 1.89. The van der Waals surface area contributed by atoms with E-state index < -0.39 is 5.51 Å². The average molecular weight is 385 g/mol. The van der Waals surface area contributed by atoms with Crippen LogP contribution in [0.25, 0.3) is 0 Å². The number of benzene rings is 2. The minimum Gasteiger partial charge on any atom is -0.491 e. The fourth-order valence-corrected chi connectivity index (χ4v) is 2.62. The Morgan fingerprint density at radius 1 is 1.12 bits per heavy atom. The maximum Gasteiger partial charge on any atom is 0.446 e. The lowest BCUT2D eigenvalue weighted by Gasteiger charge is -2.09. The molecule has 0 aliphatic rings. The summed E-state index contributed by atoms with van der Waals surface area (Å²) in [4.78, 5) is 12.2. The Morgan fingerprint density at radius 2 is 1.85 bits per heavy atom. The molecule has 0 aliphatic carbocycles. The molecule has 0 atom stereocenters. The molecule has 0 saturated carbocycles. The van der Waals surface area contributed by atoms with Crippen molar-refractivity contribution in [1.29, 1.82) is 0 Å². The Kier molecular flexibility index (Phi) is 7.35. The average Bonchev–Trinajstić information content (AvgIpc) is 2.59. The molecule has 140 valence electrons. The van der Waals surface area contributed by atoms with Gasteiger partial charge in [-0.3, -0.25) is 4.79 Å². The van der Waals surface area contributed by atoms with Crippen LogP contribution in [0.15, 0.2) is 53.4 Å². The van der Waals surface area contributed by atoms with E-state index in [1.54, 1.807) is 19.2 Å². The van der Waals surface area contributed by atoms with E-state index in [9.17, 15) is 18.0 Å². The lowest BCUT2D eigenvalue weighted by atomic mass is 10.2. The number of hydrogen-bond acceptors (Lipinski definition) is 4. The summed E-state index contributed by atoms with van der Waals surface area (Å²) in [6, 6.07) is 12.5. The third-order valence-electron chi connectivity index (χ3n) is 3.26. The highest BCUT2D eigenvalue weighted by atomic mass is 32.2. The second-order valence-corrected chi connectivity index (χ2v) is 6.38. The van der Waals surface area contributed by atoms with Crippen molar-refractivity contribution in [2.24, 2.45) is 0 Å². The van der Waals surface area contributed by atoms with Crippen LogP contribution >= 0.6 is 11.8 Å². The molecule has 2 rings (SSSR count). The van der Waals surface area contributed by atoms with E-state index in [4.69, 9.17) is 9.47 Å². The molecule has 0 bridgehead atoms. The Morgan fingerprint density at radius 3 is 2.50 bits per heavy atom. The summed E-state index contributed by atoms with van der Waals surface area (Å²) < 4.78 is 47.3. The molecule has 0 radical (unpaired) electrons. The number of amides is 1. The molecular formula is C18H18F3NO3S. The lowest BCUT2D eigenvalue weighted by Crippen LogP contribution is -2.22. The summed E-state index contributed by atoms with van der Waals surface area (Å²) in [6.07, 6.45) is 0. The molecule has 2 aromatic rings. The van der Waals surface area contributed by atoms with E-state index in [0.29, 0.717) is 24.5 Å². The van der Waals surface area contributed by atoms with Gasteiger partial charge >= 0.3 is 5.51 Å². The van der Waals surface area contributed by atoms with Crippen LogP contribution in [0.4, 0.5) is 13.2 Å². The summed E-state index contributed by atoms with van der Waals surface area (Å²) in [5.41, 5.74) is -3.21. The molecule has 0 spiro atoms. The molecule has 0 unspecified atom stereocenters. The van der Waals surface area contributed by atoms with Crippen LogP contribution in [0.1, 0.15) is 15.9 Å². The quantitative estimate of drug-likeness (QED) is 0.545. The highest BCUT2D eigenvalue weighted by Gasteiger charge is 2.29. The molecule has 0 fully saturated rings. The van der Waals surface area contributed by atoms with Gasteiger partial charge in [-0.2, -0.15) is 13.2 Å². The van der Waals surface area contributed by atoms with Gasteiger partial charge in [-0.1, -0.05) is 12.1 Å². The smallest absolute Gasteiger partial charge is 0.446 e. The summed E-state index contributed by atoms with van der Waals surface area (Å²) in [6.45, 7) is 1.18. The van der Waals surface area contributed by atoms with Crippen molar-refractivity contribution in [3.8, 4) is 5.75 Å². The zero-order valence-electron chi connectivity index (χ0n) is 14.0. The zero-order chi connectivity index (χ0) is 19.0. The molecule has 0 heterocycles. The monoisotopic (exact) mass is 385 g/mol. The van der Waals surface area contributed by atoms with Crippen molar-refractivity contribution in [3.63, 3.8) is 0 Å². The van der Waals surface area contributed by atoms with Gasteiger partial charge in [-0.25, -0.2) is 0 Å². The molecular weight excluding hydrogens is 367 g/mol. The van der Waals surface area contributed by atoms with Gasteiger partial charge < -0.3 is 14.8 Å². The van der Waals surface area contributed by atoms with Gasteiger partial charge in [0.1, 0.15) is 12.4 Å². The van der Waals surface area contributed by atoms with E-state index in [1.807, 2.05) is 12.1 Å². The number of hydrogen-bond donors (Lipinski definition) is 1. The van der Waals surface area contributed by atoms with Crippen LogP contribution in [-0.4, -0.2) is 31.7 Å². The van der Waals surface area contributed by atoms with Gasteiger partial charge in [0.15, 0.2) is 0 Å². The number of methoxy groups -OCH3 is 1. The second kappa shape index (κ2) is 9.49. The summed E-state index contributed by atoms with van der Waals surface area (Å²) in [7, 11) is 1.59. The van der Waals surface area contributed by atoms with Crippen molar-refractivity contribution in [1.82, 2.24) is 5.32 Å². The Bertz CT molecular complexity index is 720. The van der Waals surface area contributed by atoms with Gasteiger partial charge in [0.25, 0.3) is 5.91 Å². The van der Waals surface area contributed by atoms with Crippen LogP contribution in [0, 0.1) is 0 Å². The molecule has 2 aromatic carbocycles. The van der Waals surface area contributed by atoms with Crippen molar-refractivity contribution in [2.75, 3.05) is 20.3 Å². The van der Waals surface area contributed by atoms with Crippen LogP contribution in [-0.2, 0) is 11.3 Å². The first kappa shape index (κ1) is 20.1. The molecule has 0 aliphatic heterocycles.